The van der Waals surface area contributed by atoms with E-state index in [1.807, 2.05) is 62.4 Å². The summed E-state index contributed by atoms with van der Waals surface area (Å²) >= 11 is 6.02. The van der Waals surface area contributed by atoms with E-state index in [0.717, 1.165) is 39.3 Å². The summed E-state index contributed by atoms with van der Waals surface area (Å²) in [5.74, 6) is -0.0897. The molecular formula is C26H25ClN2O. The predicted molar refractivity (Wildman–Crippen MR) is 126 cm³/mol. The van der Waals surface area contributed by atoms with Crippen LogP contribution < -0.4 is 5.32 Å². The van der Waals surface area contributed by atoms with Crippen molar-refractivity contribution in [2.45, 2.75) is 34.2 Å². The van der Waals surface area contributed by atoms with Crippen LogP contribution in [0.5, 0.6) is 0 Å². The molecule has 0 aliphatic carbocycles. The third kappa shape index (κ3) is 3.86. The van der Waals surface area contributed by atoms with Gasteiger partial charge in [0, 0.05) is 39.4 Å². The van der Waals surface area contributed by atoms with Crippen LogP contribution in [0, 0.1) is 27.7 Å². The van der Waals surface area contributed by atoms with Gasteiger partial charge in [-0.1, -0.05) is 35.9 Å². The van der Waals surface area contributed by atoms with Gasteiger partial charge in [-0.3, -0.25) is 4.79 Å². The Morgan fingerprint density at radius 2 is 1.67 bits per heavy atom. The van der Waals surface area contributed by atoms with E-state index in [9.17, 15) is 4.79 Å². The van der Waals surface area contributed by atoms with Crippen LogP contribution >= 0.6 is 11.6 Å². The van der Waals surface area contributed by atoms with E-state index in [1.165, 1.54) is 16.8 Å². The lowest BCUT2D eigenvalue weighted by atomic mass is 10.1. The quantitative estimate of drug-likeness (QED) is 0.388. The summed E-state index contributed by atoms with van der Waals surface area (Å²) in [6, 6.07) is 20.0. The zero-order chi connectivity index (χ0) is 21.4. The highest BCUT2D eigenvalue weighted by Crippen LogP contribution is 2.28. The molecule has 0 aliphatic heterocycles. The summed E-state index contributed by atoms with van der Waals surface area (Å²) in [7, 11) is 0. The van der Waals surface area contributed by atoms with Crippen molar-refractivity contribution in [1.82, 2.24) is 4.57 Å². The number of nitrogens with one attached hydrogen (secondary N) is 1. The second-order valence-corrected chi connectivity index (χ2v) is 8.36. The number of carbonyl (C=O) groups excluding carboxylic acids is 1. The van der Waals surface area contributed by atoms with Crippen LogP contribution in [0.4, 0.5) is 5.69 Å². The van der Waals surface area contributed by atoms with Gasteiger partial charge < -0.3 is 9.88 Å². The molecule has 0 fully saturated rings. The summed E-state index contributed by atoms with van der Waals surface area (Å²) in [5.41, 5.74) is 8.41. The zero-order valence-corrected chi connectivity index (χ0v) is 18.5. The maximum Gasteiger partial charge on any atom is 0.255 e. The van der Waals surface area contributed by atoms with Crippen LogP contribution in [0.1, 0.15) is 38.3 Å². The number of benzene rings is 3. The Kier molecular flexibility index (Phi) is 5.40. The lowest BCUT2D eigenvalue weighted by Crippen LogP contribution is -2.13. The molecule has 0 radical (unpaired) electrons. The van der Waals surface area contributed by atoms with E-state index in [1.54, 1.807) is 0 Å². The van der Waals surface area contributed by atoms with Crippen molar-refractivity contribution in [2.75, 3.05) is 5.32 Å². The molecule has 0 spiro atoms. The first kappa shape index (κ1) is 20.2. The van der Waals surface area contributed by atoms with Crippen LogP contribution in [0.2, 0.25) is 5.02 Å². The predicted octanol–water partition coefficient (Wildman–Crippen LogP) is 6.83. The van der Waals surface area contributed by atoms with Gasteiger partial charge in [0.15, 0.2) is 0 Å². The largest absolute Gasteiger partial charge is 0.340 e. The maximum absolute atomic E-state index is 12.9. The minimum absolute atomic E-state index is 0.0897. The zero-order valence-electron chi connectivity index (χ0n) is 17.7. The van der Waals surface area contributed by atoms with Crippen LogP contribution in [0.3, 0.4) is 0 Å². The third-order valence-electron chi connectivity index (χ3n) is 5.80. The lowest BCUT2D eigenvalue weighted by molar-refractivity contribution is 0.102. The first-order valence-electron chi connectivity index (χ1n) is 10.1. The Labute approximate surface area is 182 Å². The molecule has 1 heterocycles. The van der Waals surface area contributed by atoms with Crippen LogP contribution in [0.15, 0.2) is 60.7 Å². The molecule has 1 amide bonds. The van der Waals surface area contributed by atoms with E-state index in [-0.39, 0.29) is 5.91 Å². The third-order valence-corrected chi connectivity index (χ3v) is 6.05. The number of aromatic nitrogens is 1. The summed E-state index contributed by atoms with van der Waals surface area (Å²) < 4.78 is 2.29. The molecule has 4 heteroatoms. The van der Waals surface area contributed by atoms with Gasteiger partial charge in [0.2, 0.25) is 0 Å². The topological polar surface area (TPSA) is 34.0 Å². The van der Waals surface area contributed by atoms with Gasteiger partial charge in [-0.05, 0) is 86.3 Å². The second kappa shape index (κ2) is 8.00. The Balaban J connectivity index is 1.67. The minimum Gasteiger partial charge on any atom is -0.340 e. The van der Waals surface area contributed by atoms with Crippen molar-refractivity contribution < 1.29 is 4.79 Å². The highest BCUT2D eigenvalue weighted by Gasteiger charge is 2.15. The van der Waals surface area contributed by atoms with Crippen molar-refractivity contribution in [1.29, 1.82) is 0 Å². The number of hydrogen-bond donors (Lipinski definition) is 1. The molecule has 4 aromatic rings. The lowest BCUT2D eigenvalue weighted by Gasteiger charge is -2.11. The van der Waals surface area contributed by atoms with Gasteiger partial charge in [0.05, 0.1) is 0 Å². The number of aryl methyl sites for hydroxylation is 3. The first-order chi connectivity index (χ1) is 14.3. The summed E-state index contributed by atoms with van der Waals surface area (Å²) in [5, 5.41) is 4.91. The number of hydrogen-bond acceptors (Lipinski definition) is 1. The minimum atomic E-state index is -0.0897. The monoisotopic (exact) mass is 416 g/mol. The number of anilines is 1. The molecule has 1 N–H and O–H groups in total. The number of amides is 1. The number of carbonyl (C=O) groups is 1. The molecule has 3 nitrogen and oxygen atoms in total. The molecule has 0 unspecified atom stereocenters. The maximum atomic E-state index is 12.9. The fourth-order valence-electron chi connectivity index (χ4n) is 3.83. The Hall–Kier alpha value is -3.04. The number of nitrogens with zero attached hydrogens (tertiary/aromatic N) is 1. The molecule has 4 rings (SSSR count). The molecule has 152 valence electrons. The van der Waals surface area contributed by atoms with Crippen LogP contribution in [0.25, 0.3) is 10.9 Å². The molecule has 1 aromatic heterocycles. The van der Waals surface area contributed by atoms with Gasteiger partial charge in [0.25, 0.3) is 5.91 Å². The molecule has 0 saturated heterocycles. The highest BCUT2D eigenvalue weighted by molar-refractivity contribution is 6.30. The number of fused-ring (bicyclic) bond motifs is 1. The van der Waals surface area contributed by atoms with Crippen molar-refractivity contribution in [3.05, 3.63) is 99.2 Å². The molecule has 0 bridgehead atoms. The first-order valence-corrected chi connectivity index (χ1v) is 10.4. The van der Waals surface area contributed by atoms with Gasteiger partial charge in [-0.15, -0.1) is 0 Å². The summed E-state index contributed by atoms with van der Waals surface area (Å²) in [4.78, 5) is 12.9. The summed E-state index contributed by atoms with van der Waals surface area (Å²) in [6.07, 6.45) is 0. The van der Waals surface area contributed by atoms with E-state index >= 15 is 0 Å². The van der Waals surface area contributed by atoms with Crippen molar-refractivity contribution in [2.24, 2.45) is 0 Å². The Morgan fingerprint density at radius 1 is 0.933 bits per heavy atom. The molecule has 0 saturated carbocycles. The van der Waals surface area contributed by atoms with Crippen molar-refractivity contribution in [3.63, 3.8) is 0 Å². The Bertz CT molecular complexity index is 1250. The average Bonchev–Trinajstić information content (AvgIpc) is 2.96. The number of rotatable bonds is 4. The van der Waals surface area contributed by atoms with Gasteiger partial charge in [0.1, 0.15) is 0 Å². The average molecular weight is 417 g/mol. The molecular weight excluding hydrogens is 392 g/mol. The van der Waals surface area contributed by atoms with Gasteiger partial charge in [-0.25, -0.2) is 0 Å². The summed E-state index contributed by atoms with van der Waals surface area (Å²) in [6.45, 7) is 9.03. The normalized spacial score (nSPS) is 11.1. The van der Waals surface area contributed by atoms with E-state index in [0.29, 0.717) is 5.56 Å². The fraction of sp³-hybridized carbons (Fsp3) is 0.192. The SMILES string of the molecule is Cc1ccc(C)c(NC(=O)c2ccc3c(c2)c(C)c(C)n3Cc2ccc(Cl)cc2)c1. The molecule has 3 aromatic carbocycles. The van der Waals surface area contributed by atoms with Crippen molar-refractivity contribution in [3.8, 4) is 0 Å². The van der Waals surface area contributed by atoms with Crippen LogP contribution in [-0.4, -0.2) is 10.5 Å². The second-order valence-electron chi connectivity index (χ2n) is 7.93. The highest BCUT2D eigenvalue weighted by atomic mass is 35.5. The van der Waals surface area contributed by atoms with Gasteiger partial charge >= 0.3 is 0 Å². The van der Waals surface area contributed by atoms with E-state index < -0.39 is 0 Å². The standard InChI is InChI=1S/C26H25ClN2O/c1-16-5-6-17(2)24(13-16)28-26(30)21-9-12-25-23(14-21)18(3)19(4)29(25)15-20-7-10-22(27)11-8-20/h5-14H,15H2,1-4H3,(H,28,30). The van der Waals surface area contributed by atoms with Gasteiger partial charge in [-0.2, -0.15) is 0 Å². The fourth-order valence-corrected chi connectivity index (χ4v) is 3.96. The van der Waals surface area contributed by atoms with E-state index in [2.05, 4.69) is 35.9 Å². The van der Waals surface area contributed by atoms with E-state index in [4.69, 9.17) is 11.6 Å². The Morgan fingerprint density at radius 3 is 2.40 bits per heavy atom. The van der Waals surface area contributed by atoms with Crippen LogP contribution in [-0.2, 0) is 6.54 Å². The number of halogens is 1. The molecule has 30 heavy (non-hydrogen) atoms. The molecule has 0 atom stereocenters. The molecule has 0 aliphatic rings. The van der Waals surface area contributed by atoms with Crippen molar-refractivity contribution >= 4 is 34.1 Å². The smallest absolute Gasteiger partial charge is 0.255 e.